The van der Waals surface area contributed by atoms with Gasteiger partial charge < -0.3 is 37.0 Å². The second-order valence-electron chi connectivity index (χ2n) is 14.0. The monoisotopic (exact) mass is 751 g/mol. The molecule has 1 fully saturated rings. The number of nitrogens with two attached hydrogens (primary N) is 2. The number of hydrogen-bond donors (Lipinski definition) is 6. The van der Waals surface area contributed by atoms with Gasteiger partial charge in [0.1, 0.15) is 24.2 Å². The van der Waals surface area contributed by atoms with Crippen molar-refractivity contribution < 1.29 is 28.8 Å². The third-order valence-corrected chi connectivity index (χ3v) is 9.37. The highest BCUT2D eigenvalue weighted by molar-refractivity contribution is 6.09. The van der Waals surface area contributed by atoms with Gasteiger partial charge in [-0.2, -0.15) is 0 Å². The molecule has 289 valence electrons. The fourth-order valence-corrected chi connectivity index (χ4v) is 6.67. The second kappa shape index (κ2) is 18.7. The number of amides is 5. The highest BCUT2D eigenvalue weighted by atomic mass is 16.2. The number of carbonyl (C=O) groups excluding carboxylic acids is 6. The molecule has 1 aliphatic rings. The molecule has 0 spiro atoms. The van der Waals surface area contributed by atoms with Crippen LogP contribution in [0.1, 0.15) is 60.4 Å². The van der Waals surface area contributed by atoms with Crippen LogP contribution in [0.2, 0.25) is 0 Å². The predicted molar refractivity (Wildman–Crippen MR) is 202 cm³/mol. The summed E-state index contributed by atoms with van der Waals surface area (Å²) in [7, 11) is 0. The van der Waals surface area contributed by atoms with Crippen molar-refractivity contribution in [2.75, 3.05) is 12.3 Å². The van der Waals surface area contributed by atoms with Gasteiger partial charge in [-0.1, -0.05) is 50.2 Å². The van der Waals surface area contributed by atoms with Crippen LogP contribution < -0.4 is 22.1 Å². The van der Waals surface area contributed by atoms with Gasteiger partial charge in [-0.3, -0.25) is 33.7 Å². The summed E-state index contributed by atoms with van der Waals surface area (Å²) in [6, 6.07) is 9.24. The van der Waals surface area contributed by atoms with E-state index in [1.54, 1.807) is 48.8 Å². The number of nitrogens with zero attached hydrogens (tertiary/aromatic N) is 4. The van der Waals surface area contributed by atoms with Crippen molar-refractivity contribution in [3.63, 3.8) is 0 Å². The zero-order valence-electron chi connectivity index (χ0n) is 30.8. The first-order valence-electron chi connectivity index (χ1n) is 18.2. The minimum absolute atomic E-state index is 0.0328. The Bertz CT molecular complexity index is 1920. The van der Waals surface area contributed by atoms with E-state index in [9.17, 15) is 28.8 Å². The lowest BCUT2D eigenvalue weighted by Gasteiger charge is -2.32. The van der Waals surface area contributed by atoms with Crippen molar-refractivity contribution in [3.05, 3.63) is 102 Å². The Morgan fingerprint density at radius 2 is 1.62 bits per heavy atom. The molecule has 5 rings (SSSR count). The average Bonchev–Trinajstić information content (AvgIpc) is 3.98. The summed E-state index contributed by atoms with van der Waals surface area (Å²) in [5, 5.41) is 5.59. The first-order chi connectivity index (χ1) is 26.4. The highest BCUT2D eigenvalue weighted by Crippen LogP contribution is 2.21. The van der Waals surface area contributed by atoms with Gasteiger partial charge in [0.25, 0.3) is 11.8 Å². The van der Waals surface area contributed by atoms with Crippen LogP contribution in [0.25, 0.3) is 0 Å². The van der Waals surface area contributed by atoms with Crippen LogP contribution in [-0.2, 0) is 43.2 Å². The standard InChI is InChI=1S/C39H47N10O6/c1-24(2)14-30(21-50)49(37(53)26-10-6-11-27(40)16-26)39(55)33(18-29-20-43-23-45-29)47-35(51)32(15-25-8-4-3-5-9-25)46-36(52)34-12-7-13-48(34)38(54)31(41)17-28-19-42-22-44-28/h3-6,8-11,16,19-20,22-24,30-34H,7,12-15,17-18,40-41H2,1-2H3,(H,42,44)(H,43,45)(H,46,52)(H,47,51)/t30-,31-,32-,33-,34-/m0/s1. The lowest BCUT2D eigenvalue weighted by molar-refractivity contribution is -0.140. The van der Waals surface area contributed by atoms with E-state index in [1.165, 1.54) is 29.7 Å². The molecule has 4 aromatic rings. The number of benzene rings is 2. The maximum absolute atomic E-state index is 14.6. The number of carbonyl (C=O) groups is 5. The van der Waals surface area contributed by atoms with Crippen LogP contribution in [-0.4, -0.2) is 102 Å². The maximum Gasteiger partial charge on any atom is 0.261 e. The van der Waals surface area contributed by atoms with E-state index in [4.69, 9.17) is 11.5 Å². The van der Waals surface area contributed by atoms with Crippen LogP contribution in [0.4, 0.5) is 5.69 Å². The molecule has 55 heavy (non-hydrogen) atoms. The normalized spacial score (nSPS) is 16.1. The molecular formula is C39H47N10O6. The number of likely N-dealkylation sites (tertiary alicyclic amines) is 1. The minimum atomic E-state index is -1.41. The fourth-order valence-electron chi connectivity index (χ4n) is 6.67. The van der Waals surface area contributed by atoms with Gasteiger partial charge >= 0.3 is 0 Å². The Balaban J connectivity index is 1.43. The zero-order valence-corrected chi connectivity index (χ0v) is 30.8. The van der Waals surface area contributed by atoms with E-state index < -0.39 is 59.7 Å². The van der Waals surface area contributed by atoms with Crippen molar-refractivity contribution in [1.29, 1.82) is 0 Å². The Morgan fingerprint density at radius 1 is 0.927 bits per heavy atom. The molecule has 0 bridgehead atoms. The third kappa shape index (κ3) is 10.5. The smallest absolute Gasteiger partial charge is 0.261 e. The van der Waals surface area contributed by atoms with E-state index in [2.05, 4.69) is 30.6 Å². The fraction of sp³-hybridized carbons (Fsp3) is 0.385. The van der Waals surface area contributed by atoms with Crippen molar-refractivity contribution >= 4 is 41.5 Å². The van der Waals surface area contributed by atoms with Crippen molar-refractivity contribution in [2.24, 2.45) is 11.7 Å². The average molecular weight is 752 g/mol. The summed E-state index contributed by atoms with van der Waals surface area (Å²) in [4.78, 5) is 99.1. The van der Waals surface area contributed by atoms with Crippen LogP contribution in [0.3, 0.4) is 0 Å². The number of anilines is 1. The number of rotatable bonds is 17. The quantitative estimate of drug-likeness (QED) is 0.0843. The molecule has 0 unspecified atom stereocenters. The van der Waals surface area contributed by atoms with Crippen molar-refractivity contribution in [3.8, 4) is 0 Å². The molecule has 1 radical (unpaired) electrons. The SMILES string of the molecule is CC(C)C[C@@H]([C]=O)N(C(=O)c1cccc(N)c1)C(=O)[C@H](Cc1c[nH]cn1)NC(=O)[C@H](Cc1ccccc1)NC(=O)[C@@H]1CCCN1C(=O)[C@@H](N)Cc1c[nH]cn1. The number of imidazole rings is 2. The first kappa shape index (κ1) is 40.0. The minimum Gasteiger partial charge on any atom is -0.399 e. The van der Waals surface area contributed by atoms with Gasteiger partial charge in [-0.05, 0) is 48.9 Å². The van der Waals surface area contributed by atoms with Gasteiger partial charge in [-0.15, -0.1) is 0 Å². The van der Waals surface area contributed by atoms with Crippen LogP contribution in [0.15, 0.2) is 79.6 Å². The molecule has 0 aliphatic carbocycles. The molecule has 16 heteroatoms. The van der Waals surface area contributed by atoms with Gasteiger partial charge in [0, 0.05) is 49.5 Å². The largest absolute Gasteiger partial charge is 0.399 e. The predicted octanol–water partition coefficient (Wildman–Crippen LogP) is 1.22. The molecule has 5 amide bonds. The van der Waals surface area contributed by atoms with Gasteiger partial charge in [-0.25, -0.2) is 9.97 Å². The number of imide groups is 1. The summed E-state index contributed by atoms with van der Waals surface area (Å²) >= 11 is 0. The number of nitrogens with one attached hydrogen (secondary N) is 4. The summed E-state index contributed by atoms with van der Waals surface area (Å²) in [5.41, 5.74) is 14.3. The molecule has 3 heterocycles. The molecule has 1 aliphatic heterocycles. The molecular weight excluding hydrogens is 704 g/mol. The maximum atomic E-state index is 14.6. The van der Waals surface area contributed by atoms with Crippen LogP contribution in [0.5, 0.6) is 0 Å². The number of aromatic nitrogens is 4. The molecule has 2 aromatic carbocycles. The number of hydrogen-bond acceptors (Lipinski definition) is 10. The van der Waals surface area contributed by atoms with Gasteiger partial charge in [0.05, 0.1) is 30.1 Å². The van der Waals surface area contributed by atoms with Gasteiger partial charge in [0.2, 0.25) is 24.0 Å². The van der Waals surface area contributed by atoms with E-state index in [0.717, 1.165) is 4.90 Å². The Labute approximate surface area is 318 Å². The zero-order chi connectivity index (χ0) is 39.5. The van der Waals surface area contributed by atoms with Crippen molar-refractivity contribution in [1.82, 2.24) is 40.4 Å². The van der Waals surface area contributed by atoms with E-state index in [-0.39, 0.29) is 42.9 Å². The molecule has 2 aromatic heterocycles. The third-order valence-electron chi connectivity index (χ3n) is 9.37. The molecule has 0 saturated carbocycles. The van der Waals surface area contributed by atoms with E-state index >= 15 is 0 Å². The highest BCUT2D eigenvalue weighted by Gasteiger charge is 2.40. The first-order valence-corrected chi connectivity index (χ1v) is 18.2. The number of nitrogen functional groups attached to an aromatic ring is 1. The lowest BCUT2D eigenvalue weighted by Crippen LogP contribution is -2.60. The summed E-state index contributed by atoms with van der Waals surface area (Å²) in [6.07, 6.45) is 9.01. The number of H-pyrrole nitrogens is 2. The topological polar surface area (TPSA) is 242 Å². The van der Waals surface area contributed by atoms with Gasteiger partial charge in [0.15, 0.2) is 0 Å². The second-order valence-corrected chi connectivity index (χ2v) is 14.0. The summed E-state index contributed by atoms with van der Waals surface area (Å²) in [6.45, 7) is 3.98. The van der Waals surface area contributed by atoms with E-state index in [0.29, 0.717) is 36.3 Å². The molecule has 8 N–H and O–H groups in total. The number of aromatic amines is 2. The molecule has 16 nitrogen and oxygen atoms in total. The molecule has 1 saturated heterocycles. The molecule has 5 atom stereocenters. The Kier molecular flexibility index (Phi) is 13.6. The van der Waals surface area contributed by atoms with Crippen LogP contribution in [0, 0.1) is 5.92 Å². The van der Waals surface area contributed by atoms with E-state index in [1.807, 2.05) is 26.2 Å². The van der Waals surface area contributed by atoms with Crippen molar-refractivity contribution in [2.45, 2.75) is 82.6 Å². The lowest BCUT2D eigenvalue weighted by atomic mass is 9.99. The Morgan fingerprint density at radius 3 is 2.24 bits per heavy atom. The summed E-state index contributed by atoms with van der Waals surface area (Å²) in [5.74, 6) is -3.48. The van der Waals surface area contributed by atoms with Crippen LogP contribution >= 0.6 is 0 Å². The summed E-state index contributed by atoms with van der Waals surface area (Å²) < 4.78 is 0. The Hall–Kier alpha value is -6.16.